The van der Waals surface area contributed by atoms with Gasteiger partial charge >= 0.3 is 25.7 Å². The van der Waals surface area contributed by atoms with Gasteiger partial charge in [0, 0.05) is 19.3 Å². The van der Waals surface area contributed by atoms with Crippen LogP contribution in [0.1, 0.15) is 355 Å². The van der Waals surface area contributed by atoms with E-state index in [-0.39, 0.29) is 25.9 Å². The number of ether oxygens (including phenoxy) is 3. The number of allylic oxidation sites excluding steroid dienone is 6. The zero-order valence-electron chi connectivity index (χ0n) is 53.7. The van der Waals surface area contributed by atoms with Crippen LogP contribution < -0.4 is 0 Å². The number of esters is 3. The highest BCUT2D eigenvalue weighted by Crippen LogP contribution is 2.43. The van der Waals surface area contributed by atoms with Crippen LogP contribution >= 0.6 is 7.82 Å². The molecule has 0 aromatic rings. The molecule has 0 saturated carbocycles. The molecule has 0 heterocycles. The van der Waals surface area contributed by atoms with Crippen molar-refractivity contribution in [1.29, 1.82) is 0 Å². The molecule has 0 bridgehead atoms. The van der Waals surface area contributed by atoms with Crippen molar-refractivity contribution < 1.29 is 52.2 Å². The molecular formula is C70H131O11P. The molecule has 0 rings (SSSR count). The second kappa shape index (κ2) is 64.7. The number of hydrogen-bond donors (Lipinski definition) is 2. The molecule has 12 heteroatoms. The Balaban J connectivity index is 4.64. The molecule has 0 aromatic heterocycles. The Kier molecular flexibility index (Phi) is 62.9. The molecule has 0 aliphatic carbocycles. The number of phosphoric acid groups is 1. The largest absolute Gasteiger partial charge is 0.472 e. The normalized spacial score (nSPS) is 13.4. The van der Waals surface area contributed by atoms with Crippen molar-refractivity contribution in [2.75, 3.05) is 26.4 Å². The van der Waals surface area contributed by atoms with Gasteiger partial charge in [0.15, 0.2) is 6.10 Å². The number of phosphoric ester groups is 1. The smallest absolute Gasteiger partial charge is 0.462 e. The van der Waals surface area contributed by atoms with Gasteiger partial charge in [0.05, 0.1) is 19.8 Å². The Hall–Kier alpha value is -2.30. The second-order valence-electron chi connectivity index (χ2n) is 23.7. The molecule has 2 N–H and O–H groups in total. The third kappa shape index (κ3) is 62.2. The van der Waals surface area contributed by atoms with Gasteiger partial charge in [-0.15, -0.1) is 0 Å². The minimum atomic E-state index is -4.75. The first-order valence-corrected chi connectivity index (χ1v) is 36.4. The highest BCUT2D eigenvalue weighted by Gasteiger charge is 2.28. The molecule has 11 nitrogen and oxygen atoms in total. The molecule has 0 amide bonds. The number of carbonyl (C=O) groups is 3. The van der Waals surface area contributed by atoms with Crippen molar-refractivity contribution in [3.8, 4) is 0 Å². The van der Waals surface area contributed by atoms with E-state index in [0.29, 0.717) is 19.3 Å². The SMILES string of the molecule is CCCCCCCC/C=C\CCCCCCCCCCCC(=O)OC(CO)COP(=O)(O)OCC(COC(=O)CCCCCCCCC/C=C\CCCCCCCC)OC(=O)CCCCCCCCCCC/C=C\CCCCCCCC. The fourth-order valence-corrected chi connectivity index (χ4v) is 11.0. The van der Waals surface area contributed by atoms with Gasteiger partial charge in [0.1, 0.15) is 12.7 Å². The Morgan fingerprint density at radius 3 is 0.841 bits per heavy atom. The average molecular weight is 1180 g/mol. The standard InChI is InChI=1S/C70H131O11P/c1-4-7-10-13-16-19-22-25-28-31-33-36-39-42-45-48-51-54-57-60-69(73)80-66(62-71)64-78-82(75,76)79-65-67(63-77-68(72)59-56-53-50-47-44-41-38-35-30-27-24-21-18-15-12-9-6-3)81-70(74)61-58-55-52-49-46-43-40-37-34-32-29-26-23-20-17-14-11-8-5-2/h25-30,66-67,71H,4-24,31-65H2,1-3H3,(H,75,76)/b28-25-,29-26-,30-27-. The molecule has 82 heavy (non-hydrogen) atoms. The van der Waals surface area contributed by atoms with Gasteiger partial charge in [-0.3, -0.25) is 23.4 Å². The lowest BCUT2D eigenvalue weighted by atomic mass is 10.1. The summed E-state index contributed by atoms with van der Waals surface area (Å²) in [4.78, 5) is 48.9. The Bertz CT molecular complexity index is 1520. The van der Waals surface area contributed by atoms with E-state index in [1.807, 2.05) is 0 Å². The Morgan fingerprint density at radius 2 is 0.561 bits per heavy atom. The van der Waals surface area contributed by atoms with E-state index in [0.717, 1.165) is 64.2 Å². The summed E-state index contributed by atoms with van der Waals surface area (Å²) in [6, 6.07) is 0. The molecule has 3 atom stereocenters. The quantitative estimate of drug-likeness (QED) is 0.0197. The van der Waals surface area contributed by atoms with Crippen molar-refractivity contribution in [3.63, 3.8) is 0 Å². The summed E-state index contributed by atoms with van der Waals surface area (Å²) in [6.07, 6.45) is 70.9. The van der Waals surface area contributed by atoms with Crippen LogP contribution in [0.25, 0.3) is 0 Å². The highest BCUT2D eigenvalue weighted by molar-refractivity contribution is 7.47. The summed E-state index contributed by atoms with van der Waals surface area (Å²) in [5.41, 5.74) is 0. The number of aliphatic hydroxyl groups excluding tert-OH is 1. The Morgan fingerprint density at radius 1 is 0.329 bits per heavy atom. The van der Waals surface area contributed by atoms with Crippen molar-refractivity contribution in [2.24, 2.45) is 0 Å². The van der Waals surface area contributed by atoms with Crippen LogP contribution in [0.2, 0.25) is 0 Å². The summed E-state index contributed by atoms with van der Waals surface area (Å²) in [6.45, 7) is 4.71. The summed E-state index contributed by atoms with van der Waals surface area (Å²) < 4.78 is 39.8. The maximum Gasteiger partial charge on any atom is 0.472 e. The van der Waals surface area contributed by atoms with Gasteiger partial charge in [0.2, 0.25) is 0 Å². The highest BCUT2D eigenvalue weighted by atomic mass is 31.2. The van der Waals surface area contributed by atoms with Gasteiger partial charge in [-0.05, 0) is 96.3 Å². The molecule has 0 aromatic carbocycles. The van der Waals surface area contributed by atoms with Gasteiger partial charge in [-0.2, -0.15) is 0 Å². The van der Waals surface area contributed by atoms with E-state index in [1.54, 1.807) is 0 Å². The maximum absolute atomic E-state index is 13.0. The molecule has 482 valence electrons. The summed E-state index contributed by atoms with van der Waals surface area (Å²) >= 11 is 0. The van der Waals surface area contributed by atoms with E-state index >= 15 is 0 Å². The topological polar surface area (TPSA) is 155 Å². The van der Waals surface area contributed by atoms with Crippen LogP contribution in [0.4, 0.5) is 0 Å². The first-order valence-electron chi connectivity index (χ1n) is 34.9. The van der Waals surface area contributed by atoms with Crippen molar-refractivity contribution in [3.05, 3.63) is 36.5 Å². The zero-order valence-corrected chi connectivity index (χ0v) is 54.6. The first kappa shape index (κ1) is 79.7. The van der Waals surface area contributed by atoms with Crippen LogP contribution in [0.3, 0.4) is 0 Å². The third-order valence-electron chi connectivity index (χ3n) is 15.5. The van der Waals surface area contributed by atoms with Gasteiger partial charge in [0.25, 0.3) is 0 Å². The fourth-order valence-electron chi connectivity index (χ4n) is 10.2. The fraction of sp³-hybridized carbons (Fsp3) is 0.871. The van der Waals surface area contributed by atoms with Gasteiger partial charge in [-0.25, -0.2) is 4.57 Å². The number of unbranched alkanes of at least 4 members (excludes halogenated alkanes) is 43. The van der Waals surface area contributed by atoms with Gasteiger partial charge < -0.3 is 24.2 Å². The molecule has 0 spiro atoms. The van der Waals surface area contributed by atoms with Gasteiger partial charge in [-0.1, -0.05) is 276 Å². The third-order valence-corrected chi connectivity index (χ3v) is 16.5. The molecule has 0 aliphatic heterocycles. The van der Waals surface area contributed by atoms with Crippen molar-refractivity contribution in [2.45, 2.75) is 367 Å². The van der Waals surface area contributed by atoms with E-state index in [9.17, 15) is 28.9 Å². The lowest BCUT2D eigenvalue weighted by Crippen LogP contribution is -2.30. The molecule has 0 saturated heterocycles. The van der Waals surface area contributed by atoms with Crippen molar-refractivity contribution in [1.82, 2.24) is 0 Å². The lowest BCUT2D eigenvalue weighted by molar-refractivity contribution is -0.161. The second-order valence-corrected chi connectivity index (χ2v) is 25.1. The zero-order chi connectivity index (χ0) is 59.8. The van der Waals surface area contributed by atoms with Crippen molar-refractivity contribution >= 4 is 25.7 Å². The minimum Gasteiger partial charge on any atom is -0.462 e. The van der Waals surface area contributed by atoms with E-state index in [4.69, 9.17) is 23.3 Å². The first-order chi connectivity index (χ1) is 40.2. The monoisotopic (exact) mass is 1180 g/mol. The van der Waals surface area contributed by atoms with Crippen LogP contribution in [0.5, 0.6) is 0 Å². The minimum absolute atomic E-state index is 0.168. The molecule has 3 unspecified atom stereocenters. The summed E-state index contributed by atoms with van der Waals surface area (Å²) in [5, 5.41) is 9.88. The predicted molar refractivity (Wildman–Crippen MR) is 344 cm³/mol. The van der Waals surface area contributed by atoms with Crippen LogP contribution in [0, 0.1) is 0 Å². The lowest BCUT2D eigenvalue weighted by Gasteiger charge is -2.21. The molecule has 0 fully saturated rings. The predicted octanol–water partition coefficient (Wildman–Crippen LogP) is 21.5. The summed E-state index contributed by atoms with van der Waals surface area (Å²) in [5.74, 6) is -1.44. The maximum atomic E-state index is 13.0. The van der Waals surface area contributed by atoms with E-state index < -0.39 is 57.8 Å². The van der Waals surface area contributed by atoms with E-state index in [2.05, 4.69) is 57.2 Å². The number of hydrogen-bond acceptors (Lipinski definition) is 10. The number of carbonyl (C=O) groups excluding carboxylic acids is 3. The molecule has 0 aliphatic rings. The Labute approximate surface area is 505 Å². The molecular weight excluding hydrogens is 1050 g/mol. The van der Waals surface area contributed by atoms with Crippen LogP contribution in [-0.2, 0) is 42.2 Å². The number of rotatable bonds is 66. The van der Waals surface area contributed by atoms with Crippen LogP contribution in [0.15, 0.2) is 36.5 Å². The average Bonchev–Trinajstić information content (AvgIpc) is 3.47. The summed E-state index contributed by atoms with van der Waals surface area (Å²) in [7, 11) is -4.75. The van der Waals surface area contributed by atoms with Crippen LogP contribution in [-0.4, -0.2) is 66.5 Å². The number of aliphatic hydroxyl groups is 1. The van der Waals surface area contributed by atoms with E-state index in [1.165, 1.54) is 231 Å². The molecule has 0 radical (unpaired) electrons.